The Hall–Kier alpha value is -1.30. The summed E-state index contributed by atoms with van der Waals surface area (Å²) in [6.45, 7) is 2.99. The highest BCUT2D eigenvalue weighted by Crippen LogP contribution is 2.17. The van der Waals surface area contributed by atoms with Crippen molar-refractivity contribution in [3.63, 3.8) is 0 Å². The average Bonchev–Trinajstić information content (AvgIpc) is 2.64. The van der Waals surface area contributed by atoms with Gasteiger partial charge >= 0.3 is 12.0 Å². The number of nitrogens with one attached hydrogen (secondary N) is 1. The predicted octanol–water partition coefficient (Wildman–Crippen LogP) is 0.195. The van der Waals surface area contributed by atoms with Crippen LogP contribution in [0.25, 0.3) is 0 Å². The summed E-state index contributed by atoms with van der Waals surface area (Å²) in [5.74, 6) is -1.01. The van der Waals surface area contributed by atoms with E-state index in [-0.39, 0.29) is 12.1 Å². The average molecular weight is 243 g/mol. The number of nitrogens with zero attached hydrogens (tertiary/aromatic N) is 2. The van der Waals surface area contributed by atoms with Crippen LogP contribution in [0.1, 0.15) is 19.8 Å². The van der Waals surface area contributed by atoms with E-state index in [1.54, 1.807) is 4.90 Å². The lowest BCUT2D eigenvalue weighted by Gasteiger charge is -2.28. The van der Waals surface area contributed by atoms with Gasteiger partial charge in [0.15, 0.2) is 0 Å². The van der Waals surface area contributed by atoms with Crippen LogP contribution in [-0.2, 0) is 4.79 Å². The number of carbonyl (C=O) groups is 2. The van der Waals surface area contributed by atoms with Crippen molar-refractivity contribution < 1.29 is 14.7 Å². The minimum Gasteiger partial charge on any atom is -0.480 e. The molecule has 2 atom stereocenters. The second-order valence-electron chi connectivity index (χ2n) is 4.76. The summed E-state index contributed by atoms with van der Waals surface area (Å²) in [7, 11) is 3.93. The van der Waals surface area contributed by atoms with Gasteiger partial charge in [0.25, 0.3) is 0 Å². The summed E-state index contributed by atoms with van der Waals surface area (Å²) >= 11 is 0. The molecular weight excluding hydrogens is 222 g/mol. The lowest BCUT2D eigenvalue weighted by Crippen LogP contribution is -2.50. The number of urea groups is 1. The molecule has 2 N–H and O–H groups in total. The molecule has 0 aromatic rings. The minimum atomic E-state index is -1.01. The molecule has 1 heterocycles. The van der Waals surface area contributed by atoms with Crippen molar-refractivity contribution in [2.45, 2.75) is 31.8 Å². The maximum absolute atomic E-state index is 11.9. The molecule has 17 heavy (non-hydrogen) atoms. The zero-order valence-electron chi connectivity index (χ0n) is 10.6. The molecule has 2 amide bonds. The molecular formula is C11H21N3O3. The van der Waals surface area contributed by atoms with Crippen molar-refractivity contribution in [2.24, 2.45) is 0 Å². The van der Waals surface area contributed by atoms with E-state index in [9.17, 15) is 9.59 Å². The Morgan fingerprint density at radius 1 is 1.53 bits per heavy atom. The molecule has 0 spiro atoms. The first-order chi connectivity index (χ1) is 7.91. The molecule has 1 aliphatic heterocycles. The van der Waals surface area contributed by atoms with Gasteiger partial charge < -0.3 is 20.2 Å². The van der Waals surface area contributed by atoms with Crippen molar-refractivity contribution in [1.82, 2.24) is 15.1 Å². The molecule has 6 nitrogen and oxygen atoms in total. The number of likely N-dealkylation sites (tertiary alicyclic amines) is 1. The van der Waals surface area contributed by atoms with Gasteiger partial charge in [0.2, 0.25) is 0 Å². The van der Waals surface area contributed by atoms with E-state index >= 15 is 0 Å². The lowest BCUT2D eigenvalue weighted by atomic mass is 10.2. The van der Waals surface area contributed by atoms with Crippen LogP contribution in [0.5, 0.6) is 0 Å². The Morgan fingerprint density at radius 2 is 2.18 bits per heavy atom. The number of hydrogen-bond acceptors (Lipinski definition) is 3. The maximum atomic E-state index is 11.9. The second-order valence-corrected chi connectivity index (χ2v) is 4.76. The number of amides is 2. The standard InChI is InChI=1S/C11H21N3O3/c1-8(10(15)16)12-11(17)14-6-4-5-9(14)7-13(2)3/h8-9H,4-7H2,1-3H3,(H,12,17)(H,15,16)/t8-,9?/m1/s1. The monoisotopic (exact) mass is 243 g/mol. The number of hydrogen-bond donors (Lipinski definition) is 2. The zero-order valence-corrected chi connectivity index (χ0v) is 10.6. The van der Waals surface area contributed by atoms with Gasteiger partial charge in [-0.25, -0.2) is 4.79 Å². The molecule has 6 heteroatoms. The van der Waals surface area contributed by atoms with Crippen LogP contribution < -0.4 is 5.32 Å². The van der Waals surface area contributed by atoms with Crippen LogP contribution in [0.15, 0.2) is 0 Å². The van der Waals surface area contributed by atoms with Gasteiger partial charge in [0, 0.05) is 19.1 Å². The molecule has 0 saturated carbocycles. The fourth-order valence-corrected chi connectivity index (χ4v) is 2.04. The zero-order chi connectivity index (χ0) is 13.0. The minimum absolute atomic E-state index is 0.186. The van der Waals surface area contributed by atoms with Crippen molar-refractivity contribution in [1.29, 1.82) is 0 Å². The van der Waals surface area contributed by atoms with Crippen molar-refractivity contribution in [3.05, 3.63) is 0 Å². The molecule has 0 aromatic heterocycles. The van der Waals surface area contributed by atoms with Crippen molar-refractivity contribution >= 4 is 12.0 Å². The van der Waals surface area contributed by atoms with Crippen LogP contribution in [0.2, 0.25) is 0 Å². The third-order valence-electron chi connectivity index (χ3n) is 2.92. The molecule has 1 aliphatic rings. The quantitative estimate of drug-likeness (QED) is 0.739. The maximum Gasteiger partial charge on any atom is 0.325 e. The van der Waals surface area contributed by atoms with E-state index in [1.165, 1.54) is 6.92 Å². The summed E-state index contributed by atoms with van der Waals surface area (Å²) in [4.78, 5) is 26.3. The van der Waals surface area contributed by atoms with Crippen LogP contribution in [0.3, 0.4) is 0 Å². The molecule has 0 aromatic carbocycles. The summed E-state index contributed by atoms with van der Waals surface area (Å²) in [5, 5.41) is 11.2. The predicted molar refractivity (Wildman–Crippen MR) is 63.9 cm³/mol. The lowest BCUT2D eigenvalue weighted by molar-refractivity contribution is -0.138. The van der Waals surface area contributed by atoms with E-state index in [1.807, 2.05) is 19.0 Å². The fourth-order valence-electron chi connectivity index (χ4n) is 2.04. The van der Waals surface area contributed by atoms with Gasteiger partial charge in [0.05, 0.1) is 0 Å². The topological polar surface area (TPSA) is 72.9 Å². The van der Waals surface area contributed by atoms with E-state index in [2.05, 4.69) is 5.32 Å². The third kappa shape index (κ3) is 3.89. The SMILES string of the molecule is C[C@@H](NC(=O)N1CCCC1CN(C)C)C(=O)O. The first-order valence-electron chi connectivity index (χ1n) is 5.86. The van der Waals surface area contributed by atoms with E-state index in [4.69, 9.17) is 5.11 Å². The summed E-state index contributed by atoms with van der Waals surface area (Å²) in [5.41, 5.74) is 0. The Bertz CT molecular complexity index is 294. The molecule has 0 bridgehead atoms. The summed E-state index contributed by atoms with van der Waals surface area (Å²) < 4.78 is 0. The molecule has 0 radical (unpaired) electrons. The van der Waals surface area contributed by atoms with Crippen LogP contribution >= 0.6 is 0 Å². The van der Waals surface area contributed by atoms with Crippen LogP contribution in [-0.4, -0.2) is 66.2 Å². The number of carboxylic acid groups (broad SMARTS) is 1. The van der Waals surface area contributed by atoms with Crippen LogP contribution in [0.4, 0.5) is 4.79 Å². The van der Waals surface area contributed by atoms with Gasteiger partial charge in [-0.1, -0.05) is 0 Å². The Labute approximate surface area is 102 Å². The van der Waals surface area contributed by atoms with Crippen molar-refractivity contribution in [3.8, 4) is 0 Å². The Kier molecular flexibility index (Phi) is 4.74. The smallest absolute Gasteiger partial charge is 0.325 e. The molecule has 98 valence electrons. The van der Waals surface area contributed by atoms with Gasteiger partial charge in [0.1, 0.15) is 6.04 Å². The number of carboxylic acids is 1. The Balaban J connectivity index is 2.52. The van der Waals surface area contributed by atoms with Gasteiger partial charge in [-0.3, -0.25) is 4.79 Å². The fraction of sp³-hybridized carbons (Fsp3) is 0.818. The molecule has 1 fully saturated rings. The highest BCUT2D eigenvalue weighted by Gasteiger charge is 2.30. The molecule has 1 saturated heterocycles. The van der Waals surface area contributed by atoms with Crippen molar-refractivity contribution in [2.75, 3.05) is 27.2 Å². The van der Waals surface area contributed by atoms with E-state index in [0.29, 0.717) is 6.54 Å². The summed E-state index contributed by atoms with van der Waals surface area (Å²) in [6.07, 6.45) is 1.96. The van der Waals surface area contributed by atoms with Gasteiger partial charge in [-0.2, -0.15) is 0 Å². The normalized spacial score (nSPS) is 21.6. The summed E-state index contributed by atoms with van der Waals surface area (Å²) in [6, 6.07) is -0.932. The molecule has 1 rings (SSSR count). The third-order valence-corrected chi connectivity index (χ3v) is 2.92. The number of likely N-dealkylation sites (N-methyl/N-ethyl adjacent to an activating group) is 1. The molecule has 1 unspecified atom stereocenters. The van der Waals surface area contributed by atoms with E-state index in [0.717, 1.165) is 19.4 Å². The second kappa shape index (κ2) is 5.86. The Morgan fingerprint density at radius 3 is 2.71 bits per heavy atom. The highest BCUT2D eigenvalue weighted by atomic mass is 16.4. The highest BCUT2D eigenvalue weighted by molar-refractivity contribution is 5.82. The largest absolute Gasteiger partial charge is 0.480 e. The first kappa shape index (κ1) is 13.8. The number of rotatable bonds is 4. The number of carbonyl (C=O) groups excluding carboxylic acids is 1. The van der Waals surface area contributed by atoms with Crippen LogP contribution in [0, 0.1) is 0 Å². The van der Waals surface area contributed by atoms with Gasteiger partial charge in [-0.05, 0) is 33.9 Å². The first-order valence-corrected chi connectivity index (χ1v) is 5.86. The van der Waals surface area contributed by atoms with E-state index < -0.39 is 12.0 Å². The number of aliphatic carboxylic acids is 1. The van der Waals surface area contributed by atoms with Gasteiger partial charge in [-0.15, -0.1) is 0 Å². The molecule has 0 aliphatic carbocycles.